The number of thioether (sulfide) groups is 1. The van der Waals surface area contributed by atoms with Crippen molar-refractivity contribution in [3.63, 3.8) is 0 Å². The van der Waals surface area contributed by atoms with E-state index >= 15 is 0 Å². The molecule has 0 aliphatic rings. The van der Waals surface area contributed by atoms with Gasteiger partial charge in [-0.25, -0.2) is 0 Å². The summed E-state index contributed by atoms with van der Waals surface area (Å²) in [6.07, 6.45) is -2.57. The Labute approximate surface area is 186 Å². The molecule has 0 saturated carbocycles. The molecule has 0 amide bonds. The summed E-state index contributed by atoms with van der Waals surface area (Å²) in [5, 5.41) is 0.486. The molecule has 0 fully saturated rings. The monoisotopic (exact) mass is 460 g/mol. The van der Waals surface area contributed by atoms with Crippen molar-refractivity contribution in [3.8, 4) is 32.0 Å². The number of alkyl halides is 3. The van der Waals surface area contributed by atoms with Crippen LogP contribution in [0.3, 0.4) is 0 Å². The van der Waals surface area contributed by atoms with Gasteiger partial charge in [-0.05, 0) is 47.2 Å². The molecule has 1 heterocycles. The largest absolute Gasteiger partial charge is 0.418 e. The van der Waals surface area contributed by atoms with Gasteiger partial charge in [0, 0.05) is 25.2 Å². The molecule has 0 aliphatic carbocycles. The predicted octanol–water partition coefficient (Wildman–Crippen LogP) is 9.14. The summed E-state index contributed by atoms with van der Waals surface area (Å²) in [7, 11) is 0. The standard InChI is InChI=1S/C24H16ClF3S2/c1-29-19-13-9-15(10-14-19)20-21(24(26,27)28)23(17-7-11-18(25)12-8-17)30-22(20)16-5-3-2-4-6-16/h2-14H,1H3. The van der Waals surface area contributed by atoms with Gasteiger partial charge in [0.15, 0.2) is 0 Å². The van der Waals surface area contributed by atoms with Crippen LogP contribution in [-0.2, 0) is 6.18 Å². The third-order valence-corrected chi connectivity index (χ3v) is 7.00. The molecule has 30 heavy (non-hydrogen) atoms. The lowest BCUT2D eigenvalue weighted by atomic mass is 9.95. The van der Waals surface area contributed by atoms with E-state index in [1.54, 1.807) is 48.2 Å². The van der Waals surface area contributed by atoms with E-state index in [-0.39, 0.29) is 10.4 Å². The topological polar surface area (TPSA) is 0 Å². The van der Waals surface area contributed by atoms with Gasteiger partial charge in [-0.3, -0.25) is 0 Å². The van der Waals surface area contributed by atoms with Gasteiger partial charge in [0.05, 0.1) is 5.56 Å². The van der Waals surface area contributed by atoms with Crippen LogP contribution in [0.15, 0.2) is 83.8 Å². The summed E-state index contributed by atoms with van der Waals surface area (Å²) in [5.74, 6) is 0. The van der Waals surface area contributed by atoms with Crippen molar-refractivity contribution < 1.29 is 13.2 Å². The maximum absolute atomic E-state index is 14.4. The molecule has 0 atom stereocenters. The van der Waals surface area contributed by atoms with E-state index in [1.165, 1.54) is 0 Å². The third-order valence-electron chi connectivity index (χ3n) is 4.71. The maximum Gasteiger partial charge on any atom is 0.418 e. The zero-order chi connectivity index (χ0) is 21.3. The molecular weight excluding hydrogens is 445 g/mol. The minimum absolute atomic E-state index is 0.196. The van der Waals surface area contributed by atoms with Crippen molar-refractivity contribution in [1.82, 2.24) is 0 Å². The van der Waals surface area contributed by atoms with Crippen LogP contribution in [0.25, 0.3) is 32.0 Å². The first-order valence-corrected chi connectivity index (χ1v) is 11.5. The summed E-state index contributed by atoms with van der Waals surface area (Å²) in [6.45, 7) is 0. The van der Waals surface area contributed by atoms with E-state index in [2.05, 4.69) is 0 Å². The van der Waals surface area contributed by atoms with Gasteiger partial charge in [0.25, 0.3) is 0 Å². The van der Waals surface area contributed by atoms with Gasteiger partial charge in [-0.2, -0.15) is 13.2 Å². The second-order valence-corrected chi connectivity index (χ2v) is 8.95. The van der Waals surface area contributed by atoms with Gasteiger partial charge in [0.1, 0.15) is 0 Å². The van der Waals surface area contributed by atoms with Crippen LogP contribution in [-0.4, -0.2) is 6.26 Å². The Bertz CT molecular complexity index is 1150. The summed E-state index contributed by atoms with van der Waals surface area (Å²) in [5.41, 5.74) is 1.43. The summed E-state index contributed by atoms with van der Waals surface area (Å²) >= 11 is 8.68. The second kappa shape index (κ2) is 8.50. The Hall–Kier alpha value is -2.21. The molecule has 152 valence electrons. The average Bonchev–Trinajstić information content (AvgIpc) is 3.16. The lowest BCUT2D eigenvalue weighted by molar-refractivity contribution is -0.136. The zero-order valence-corrected chi connectivity index (χ0v) is 18.2. The van der Waals surface area contributed by atoms with Crippen LogP contribution in [0.1, 0.15) is 5.56 Å². The molecule has 0 N–H and O–H groups in total. The Morgan fingerprint density at radius 2 is 1.30 bits per heavy atom. The average molecular weight is 461 g/mol. The fraction of sp³-hybridized carbons (Fsp3) is 0.0833. The molecule has 0 aliphatic heterocycles. The van der Waals surface area contributed by atoms with Crippen LogP contribution in [0.5, 0.6) is 0 Å². The summed E-state index contributed by atoms with van der Waals surface area (Å²) in [6, 6.07) is 23.0. The van der Waals surface area contributed by atoms with Gasteiger partial charge in [-0.1, -0.05) is 66.2 Å². The molecular formula is C24H16ClF3S2. The fourth-order valence-corrected chi connectivity index (χ4v) is 5.22. The van der Waals surface area contributed by atoms with Gasteiger partial charge in [-0.15, -0.1) is 23.1 Å². The Balaban J connectivity index is 2.05. The molecule has 4 aromatic rings. The van der Waals surface area contributed by atoms with Crippen LogP contribution >= 0.6 is 34.7 Å². The predicted molar refractivity (Wildman–Crippen MR) is 122 cm³/mol. The van der Waals surface area contributed by atoms with E-state index in [0.717, 1.165) is 21.8 Å². The SMILES string of the molecule is CSc1ccc(-c2c(-c3ccccc3)sc(-c3ccc(Cl)cc3)c2C(F)(F)F)cc1. The quantitative estimate of drug-likeness (QED) is 0.273. The highest BCUT2D eigenvalue weighted by Crippen LogP contribution is 2.53. The van der Waals surface area contributed by atoms with Crippen molar-refractivity contribution in [3.05, 3.63) is 89.4 Å². The number of hydrogen-bond donors (Lipinski definition) is 0. The number of rotatable bonds is 4. The fourth-order valence-electron chi connectivity index (χ4n) is 3.33. The molecule has 0 bridgehead atoms. The number of halogens is 4. The lowest BCUT2D eigenvalue weighted by Gasteiger charge is -2.13. The van der Waals surface area contributed by atoms with E-state index in [9.17, 15) is 13.2 Å². The molecule has 4 rings (SSSR count). The van der Waals surface area contributed by atoms with Gasteiger partial charge < -0.3 is 0 Å². The molecule has 1 aromatic heterocycles. The molecule has 3 aromatic carbocycles. The first-order valence-electron chi connectivity index (χ1n) is 9.08. The van der Waals surface area contributed by atoms with E-state index in [0.29, 0.717) is 21.0 Å². The molecule has 0 spiro atoms. The van der Waals surface area contributed by atoms with Crippen LogP contribution in [0.2, 0.25) is 5.02 Å². The lowest BCUT2D eigenvalue weighted by Crippen LogP contribution is -2.07. The van der Waals surface area contributed by atoms with E-state index in [4.69, 9.17) is 11.6 Å². The van der Waals surface area contributed by atoms with Crippen molar-refractivity contribution in [2.24, 2.45) is 0 Å². The maximum atomic E-state index is 14.4. The summed E-state index contributed by atoms with van der Waals surface area (Å²) < 4.78 is 43.2. The first-order chi connectivity index (χ1) is 14.4. The highest BCUT2D eigenvalue weighted by atomic mass is 35.5. The first kappa shape index (κ1) is 21.0. The highest BCUT2D eigenvalue weighted by molar-refractivity contribution is 7.98. The zero-order valence-electron chi connectivity index (χ0n) is 15.8. The molecule has 6 heteroatoms. The van der Waals surface area contributed by atoms with Gasteiger partial charge >= 0.3 is 6.18 Å². The second-order valence-electron chi connectivity index (χ2n) is 6.61. The summed E-state index contributed by atoms with van der Waals surface area (Å²) in [4.78, 5) is 1.80. The molecule has 0 nitrogen and oxygen atoms in total. The van der Waals surface area contributed by atoms with Crippen molar-refractivity contribution in [1.29, 1.82) is 0 Å². The number of benzene rings is 3. The number of thiophene rings is 1. The van der Waals surface area contributed by atoms with Crippen molar-refractivity contribution in [2.75, 3.05) is 6.26 Å². The van der Waals surface area contributed by atoms with Crippen molar-refractivity contribution in [2.45, 2.75) is 11.1 Å². The Morgan fingerprint density at radius 3 is 1.87 bits per heavy atom. The number of hydrogen-bond acceptors (Lipinski definition) is 2. The minimum atomic E-state index is -4.51. The Kier molecular flexibility index (Phi) is 5.96. The molecule has 0 saturated heterocycles. The van der Waals surface area contributed by atoms with Gasteiger partial charge in [0.2, 0.25) is 0 Å². The highest BCUT2D eigenvalue weighted by Gasteiger charge is 2.40. The van der Waals surface area contributed by atoms with Crippen LogP contribution in [0, 0.1) is 0 Å². The minimum Gasteiger partial charge on any atom is -0.166 e. The normalized spacial score (nSPS) is 11.6. The smallest absolute Gasteiger partial charge is 0.166 e. The van der Waals surface area contributed by atoms with E-state index in [1.807, 2.05) is 48.7 Å². The Morgan fingerprint density at radius 1 is 0.733 bits per heavy atom. The van der Waals surface area contributed by atoms with Crippen LogP contribution < -0.4 is 0 Å². The third kappa shape index (κ3) is 4.15. The van der Waals surface area contributed by atoms with E-state index < -0.39 is 11.7 Å². The van der Waals surface area contributed by atoms with Crippen molar-refractivity contribution >= 4 is 34.7 Å². The molecule has 0 radical (unpaired) electrons. The molecule has 0 unspecified atom stereocenters. The van der Waals surface area contributed by atoms with Crippen LogP contribution in [0.4, 0.5) is 13.2 Å².